The Labute approximate surface area is 142 Å². The summed E-state index contributed by atoms with van der Waals surface area (Å²) in [7, 11) is 0. The average Bonchev–Trinajstić information content (AvgIpc) is 2.56. The summed E-state index contributed by atoms with van der Waals surface area (Å²) < 4.78 is 0. The van der Waals surface area contributed by atoms with E-state index in [0.717, 1.165) is 38.5 Å². The first-order valence-electron chi connectivity index (χ1n) is 8.21. The summed E-state index contributed by atoms with van der Waals surface area (Å²) in [6.07, 6.45) is 9.64. The Bertz CT molecular complexity index is 491. The van der Waals surface area contributed by atoms with Gasteiger partial charge in [-0.15, -0.1) is 0 Å². The van der Waals surface area contributed by atoms with Crippen molar-refractivity contribution >= 4 is 17.7 Å². The highest BCUT2D eigenvalue weighted by Crippen LogP contribution is 2.10. The molecule has 0 spiro atoms. The van der Waals surface area contributed by atoms with Crippen molar-refractivity contribution in [1.82, 2.24) is 5.32 Å². The largest absolute Gasteiger partial charge is 0.433 e. The number of nitrogens with one attached hydrogen (secondary N) is 1. The van der Waals surface area contributed by atoms with Gasteiger partial charge in [0.1, 0.15) is 6.07 Å². The monoisotopic (exact) mass is 335 g/mol. The van der Waals surface area contributed by atoms with E-state index in [4.69, 9.17) is 16.3 Å². The molecule has 0 saturated heterocycles. The normalized spacial score (nSPS) is 10.5. The predicted molar refractivity (Wildman–Crippen MR) is 88.5 cm³/mol. The molecule has 0 atom stereocenters. The lowest BCUT2D eigenvalue weighted by Gasteiger charge is -2.03. The Balaban J connectivity index is 3.45. The molecule has 0 aliphatic rings. The van der Waals surface area contributed by atoms with E-state index in [0.29, 0.717) is 13.0 Å². The maximum absolute atomic E-state index is 11.2. The Morgan fingerprint density at radius 1 is 0.958 bits per heavy atom. The van der Waals surface area contributed by atoms with Crippen molar-refractivity contribution in [2.45, 2.75) is 64.2 Å². The second-order valence-corrected chi connectivity index (χ2v) is 5.31. The highest BCUT2D eigenvalue weighted by molar-refractivity contribution is 6.44. The summed E-state index contributed by atoms with van der Waals surface area (Å²) in [5, 5.41) is 22.4. The number of carbonyl (C=O) groups is 2. The van der Waals surface area contributed by atoms with Crippen molar-refractivity contribution in [2.24, 2.45) is 10.9 Å². The molecule has 0 aliphatic carbocycles. The molecular weight excluding hydrogens is 310 g/mol. The number of oxime groups is 1. The molecular formula is C16H25N5O3. The fraction of sp³-hybridized carbons (Fsp3) is 0.688. The minimum Gasteiger partial charge on any atom is -0.364 e. The minimum atomic E-state index is -1.05. The molecule has 0 aromatic carbocycles. The third-order valence-corrected chi connectivity index (χ3v) is 3.29. The van der Waals surface area contributed by atoms with E-state index in [1.165, 1.54) is 25.3 Å². The summed E-state index contributed by atoms with van der Waals surface area (Å²) >= 11 is 0. The van der Waals surface area contributed by atoms with Crippen molar-refractivity contribution in [3.05, 3.63) is 0 Å². The van der Waals surface area contributed by atoms with Crippen molar-refractivity contribution in [2.75, 3.05) is 6.54 Å². The number of hydrogen-bond donors (Lipinski definition) is 2. The van der Waals surface area contributed by atoms with Gasteiger partial charge in [0.15, 0.2) is 0 Å². The van der Waals surface area contributed by atoms with Crippen LogP contribution in [0.4, 0.5) is 4.79 Å². The van der Waals surface area contributed by atoms with Crippen molar-refractivity contribution < 1.29 is 14.4 Å². The third-order valence-electron chi connectivity index (χ3n) is 3.29. The molecule has 0 heterocycles. The van der Waals surface area contributed by atoms with Gasteiger partial charge >= 0.3 is 6.09 Å². The fourth-order valence-electron chi connectivity index (χ4n) is 2.00. The van der Waals surface area contributed by atoms with Gasteiger partial charge in [0, 0.05) is 13.0 Å². The van der Waals surface area contributed by atoms with E-state index in [1.807, 2.05) is 0 Å². The van der Waals surface area contributed by atoms with Crippen molar-refractivity contribution in [1.29, 1.82) is 10.5 Å². The van der Waals surface area contributed by atoms with Crippen LogP contribution in [0.15, 0.2) is 5.16 Å². The van der Waals surface area contributed by atoms with Gasteiger partial charge < -0.3 is 11.1 Å². The smallest absolute Gasteiger partial charge is 0.364 e. The predicted octanol–water partition coefficient (Wildman–Crippen LogP) is 2.50. The zero-order chi connectivity index (χ0) is 18.0. The number of rotatable bonds is 13. The average molecular weight is 335 g/mol. The maximum atomic E-state index is 11.2. The van der Waals surface area contributed by atoms with Gasteiger partial charge in [0.2, 0.25) is 5.71 Å². The van der Waals surface area contributed by atoms with Crippen molar-refractivity contribution in [3.8, 4) is 12.1 Å². The SMILES string of the molecule is N#CCCCCCCCCCCCNC(=O)ON=C(C#N)C(N)=O. The van der Waals surface area contributed by atoms with Crippen LogP contribution in [-0.2, 0) is 9.63 Å². The molecule has 0 rings (SSSR count). The lowest BCUT2D eigenvalue weighted by Crippen LogP contribution is -2.26. The second-order valence-electron chi connectivity index (χ2n) is 5.31. The first-order valence-corrected chi connectivity index (χ1v) is 8.21. The summed E-state index contributed by atoms with van der Waals surface area (Å²) in [5.74, 6) is -1.05. The first-order chi connectivity index (χ1) is 11.6. The van der Waals surface area contributed by atoms with Gasteiger partial charge in [0.05, 0.1) is 6.07 Å². The zero-order valence-corrected chi connectivity index (χ0v) is 13.9. The van der Waals surface area contributed by atoms with Gasteiger partial charge in [-0.3, -0.25) is 9.63 Å². The summed E-state index contributed by atoms with van der Waals surface area (Å²) in [5.41, 5.74) is 4.18. The molecule has 0 unspecified atom stereocenters. The molecule has 0 aromatic heterocycles. The Hall–Kier alpha value is -2.61. The summed E-state index contributed by atoms with van der Waals surface area (Å²) in [4.78, 5) is 26.3. The number of carbonyl (C=O) groups excluding carboxylic acids is 2. The number of nitriles is 2. The van der Waals surface area contributed by atoms with E-state index in [9.17, 15) is 9.59 Å². The summed E-state index contributed by atoms with van der Waals surface area (Å²) in [6.45, 7) is 0.445. The number of primary amides is 1. The zero-order valence-electron chi connectivity index (χ0n) is 13.9. The van der Waals surface area contributed by atoms with Crippen LogP contribution in [0.3, 0.4) is 0 Å². The van der Waals surface area contributed by atoms with Gasteiger partial charge in [-0.2, -0.15) is 10.5 Å². The van der Waals surface area contributed by atoms with Gasteiger partial charge in [-0.25, -0.2) is 4.79 Å². The highest BCUT2D eigenvalue weighted by Gasteiger charge is 2.08. The quantitative estimate of drug-likeness (QED) is 0.230. The van der Waals surface area contributed by atoms with Gasteiger partial charge in [-0.1, -0.05) is 50.1 Å². The van der Waals surface area contributed by atoms with E-state index >= 15 is 0 Å². The first kappa shape index (κ1) is 21.4. The van der Waals surface area contributed by atoms with Crippen LogP contribution < -0.4 is 11.1 Å². The molecule has 0 fully saturated rings. The van der Waals surface area contributed by atoms with Crippen LogP contribution in [0.5, 0.6) is 0 Å². The van der Waals surface area contributed by atoms with Gasteiger partial charge in [-0.05, 0) is 12.8 Å². The van der Waals surface area contributed by atoms with Crippen LogP contribution in [0, 0.1) is 22.7 Å². The number of hydrogen-bond acceptors (Lipinski definition) is 6. The Morgan fingerprint density at radius 3 is 2.00 bits per heavy atom. The van der Waals surface area contributed by atoms with E-state index in [2.05, 4.69) is 21.4 Å². The molecule has 2 amide bonds. The number of amides is 2. The molecule has 0 saturated carbocycles. The summed E-state index contributed by atoms with van der Waals surface area (Å²) in [6, 6.07) is 3.57. The standard InChI is InChI=1S/C16H25N5O3/c17-11-9-7-5-3-1-2-4-6-8-10-12-20-16(23)24-21-14(13-18)15(19)22/h1-10,12H2,(H2,19,22)(H,20,23). The topological polar surface area (TPSA) is 141 Å². The van der Waals surface area contributed by atoms with Gasteiger partial charge in [0.25, 0.3) is 5.91 Å². The van der Waals surface area contributed by atoms with E-state index < -0.39 is 17.7 Å². The minimum absolute atomic E-state index is 0.445. The highest BCUT2D eigenvalue weighted by atomic mass is 16.7. The number of unbranched alkanes of at least 4 members (excludes halogenated alkanes) is 9. The fourth-order valence-corrected chi connectivity index (χ4v) is 2.00. The third kappa shape index (κ3) is 13.1. The molecule has 0 aliphatic heterocycles. The Kier molecular flexibility index (Phi) is 13.6. The molecule has 8 heteroatoms. The maximum Gasteiger partial charge on any atom is 0.433 e. The molecule has 0 bridgehead atoms. The van der Waals surface area contributed by atoms with E-state index in [-0.39, 0.29) is 0 Å². The lowest BCUT2D eigenvalue weighted by atomic mass is 10.1. The molecule has 0 aromatic rings. The second kappa shape index (κ2) is 15.3. The van der Waals surface area contributed by atoms with Crippen LogP contribution in [0.1, 0.15) is 64.2 Å². The molecule has 3 N–H and O–H groups in total. The Morgan fingerprint density at radius 2 is 1.50 bits per heavy atom. The van der Waals surface area contributed by atoms with Crippen LogP contribution in [0.2, 0.25) is 0 Å². The molecule has 8 nitrogen and oxygen atoms in total. The van der Waals surface area contributed by atoms with Crippen LogP contribution in [0.25, 0.3) is 0 Å². The van der Waals surface area contributed by atoms with Crippen LogP contribution >= 0.6 is 0 Å². The lowest BCUT2D eigenvalue weighted by molar-refractivity contribution is -0.112. The molecule has 24 heavy (non-hydrogen) atoms. The van der Waals surface area contributed by atoms with Crippen LogP contribution in [-0.4, -0.2) is 24.3 Å². The molecule has 132 valence electrons. The molecule has 0 radical (unpaired) electrons. The van der Waals surface area contributed by atoms with E-state index in [1.54, 1.807) is 0 Å². The number of nitrogens with zero attached hydrogens (tertiary/aromatic N) is 3. The van der Waals surface area contributed by atoms with Crippen molar-refractivity contribution in [3.63, 3.8) is 0 Å². The number of nitrogens with two attached hydrogens (primary N) is 1.